The van der Waals surface area contributed by atoms with Crippen molar-refractivity contribution in [3.63, 3.8) is 0 Å². The molecule has 0 saturated heterocycles. The summed E-state index contributed by atoms with van der Waals surface area (Å²) in [6.07, 6.45) is 3.76. The Hall–Kier alpha value is -1.38. The Kier molecular flexibility index (Phi) is 5.38. The van der Waals surface area contributed by atoms with E-state index in [0.717, 1.165) is 12.5 Å². The first kappa shape index (κ1) is 16.0. The predicted octanol–water partition coefficient (Wildman–Crippen LogP) is 2.36. The van der Waals surface area contributed by atoms with Gasteiger partial charge in [-0.25, -0.2) is 8.42 Å². The normalized spacial score (nSPS) is 22.1. The van der Waals surface area contributed by atoms with Crippen molar-refractivity contribution in [3.8, 4) is 6.07 Å². The summed E-state index contributed by atoms with van der Waals surface area (Å²) in [5, 5.41) is 12.1. The van der Waals surface area contributed by atoms with Gasteiger partial charge in [0.05, 0.1) is 22.3 Å². The summed E-state index contributed by atoms with van der Waals surface area (Å²) in [5.41, 5.74) is 0.379. The first-order chi connectivity index (χ1) is 10.0. The topological polar surface area (TPSA) is 70.0 Å². The Morgan fingerprint density at radius 3 is 2.86 bits per heavy atom. The predicted molar refractivity (Wildman–Crippen MR) is 82.6 cm³/mol. The van der Waals surface area contributed by atoms with Crippen molar-refractivity contribution >= 4 is 9.84 Å². The molecule has 2 atom stereocenters. The van der Waals surface area contributed by atoms with E-state index in [2.05, 4.69) is 12.2 Å². The molecule has 1 saturated carbocycles. The molecule has 0 heterocycles. The third-order valence-electron chi connectivity index (χ3n) is 4.11. The van der Waals surface area contributed by atoms with Gasteiger partial charge >= 0.3 is 0 Å². The fourth-order valence-corrected chi connectivity index (χ4v) is 4.14. The molecule has 5 heteroatoms. The summed E-state index contributed by atoms with van der Waals surface area (Å²) in [5.74, 6) is 1.56. The Balaban J connectivity index is 1.82. The number of nitrogens with one attached hydrogen (secondary N) is 1. The van der Waals surface area contributed by atoms with Gasteiger partial charge in [-0.15, -0.1) is 0 Å². The van der Waals surface area contributed by atoms with Crippen molar-refractivity contribution in [3.05, 3.63) is 29.8 Å². The molecule has 4 nitrogen and oxygen atoms in total. The lowest BCUT2D eigenvalue weighted by Crippen LogP contribution is -2.27. The van der Waals surface area contributed by atoms with E-state index in [4.69, 9.17) is 5.26 Å². The van der Waals surface area contributed by atoms with E-state index in [1.807, 2.05) is 6.07 Å². The average Bonchev–Trinajstić information content (AvgIpc) is 2.89. The second kappa shape index (κ2) is 7.06. The van der Waals surface area contributed by atoms with Gasteiger partial charge in [-0.2, -0.15) is 5.26 Å². The molecule has 114 valence electrons. The van der Waals surface area contributed by atoms with Gasteiger partial charge in [-0.05, 0) is 49.4 Å². The number of benzene rings is 1. The van der Waals surface area contributed by atoms with Crippen LogP contribution in [0.25, 0.3) is 0 Å². The third kappa shape index (κ3) is 4.55. The molecular formula is C16H22N2O2S. The third-order valence-corrected chi connectivity index (χ3v) is 5.82. The number of hydrogen-bond acceptors (Lipinski definition) is 4. The largest absolute Gasteiger partial charge is 0.315 e. The quantitative estimate of drug-likeness (QED) is 0.819. The number of nitriles is 1. The van der Waals surface area contributed by atoms with Crippen LogP contribution in [0, 0.1) is 23.2 Å². The molecule has 0 aromatic heterocycles. The van der Waals surface area contributed by atoms with Crippen LogP contribution in [0.4, 0.5) is 0 Å². The van der Waals surface area contributed by atoms with Crippen LogP contribution in [-0.2, 0) is 9.84 Å². The van der Waals surface area contributed by atoms with Gasteiger partial charge in [0.1, 0.15) is 0 Å². The minimum Gasteiger partial charge on any atom is -0.315 e. The first-order valence-corrected chi connectivity index (χ1v) is 9.10. The van der Waals surface area contributed by atoms with E-state index in [9.17, 15) is 8.42 Å². The number of rotatable bonds is 6. The lowest BCUT2D eigenvalue weighted by Gasteiger charge is -2.11. The lowest BCUT2D eigenvalue weighted by molar-refractivity contribution is 0.477. The van der Waals surface area contributed by atoms with Crippen molar-refractivity contribution in [2.45, 2.75) is 31.1 Å². The molecule has 0 amide bonds. The molecular weight excluding hydrogens is 284 g/mol. The SMILES string of the molecule is CC1CCC(CNCCS(=O)(=O)c2cccc(C#N)c2)C1. The maximum atomic E-state index is 12.2. The number of nitrogens with zero attached hydrogens (tertiary/aromatic N) is 1. The van der Waals surface area contributed by atoms with Gasteiger partial charge in [0.2, 0.25) is 0 Å². The van der Waals surface area contributed by atoms with Crippen LogP contribution in [0.2, 0.25) is 0 Å². The van der Waals surface area contributed by atoms with E-state index >= 15 is 0 Å². The highest BCUT2D eigenvalue weighted by Crippen LogP contribution is 2.29. The minimum absolute atomic E-state index is 0.0736. The Morgan fingerprint density at radius 1 is 1.38 bits per heavy atom. The zero-order chi connectivity index (χ0) is 15.3. The lowest BCUT2D eigenvalue weighted by atomic mass is 10.1. The van der Waals surface area contributed by atoms with Gasteiger partial charge in [0.25, 0.3) is 0 Å². The van der Waals surface area contributed by atoms with Gasteiger partial charge < -0.3 is 5.32 Å². The average molecular weight is 306 g/mol. The first-order valence-electron chi connectivity index (χ1n) is 7.45. The fourth-order valence-electron chi connectivity index (χ4n) is 2.90. The molecule has 1 aromatic carbocycles. The van der Waals surface area contributed by atoms with Crippen molar-refractivity contribution in [2.75, 3.05) is 18.8 Å². The van der Waals surface area contributed by atoms with Crippen molar-refractivity contribution in [1.29, 1.82) is 5.26 Å². The van der Waals surface area contributed by atoms with Gasteiger partial charge in [0, 0.05) is 6.54 Å². The van der Waals surface area contributed by atoms with Gasteiger partial charge in [-0.3, -0.25) is 0 Å². The zero-order valence-electron chi connectivity index (χ0n) is 12.4. The second-order valence-electron chi connectivity index (χ2n) is 5.95. The molecule has 1 aromatic rings. The highest BCUT2D eigenvalue weighted by atomic mass is 32.2. The van der Waals surface area contributed by atoms with E-state index in [0.29, 0.717) is 18.0 Å². The molecule has 1 N–H and O–H groups in total. The minimum atomic E-state index is -3.31. The van der Waals surface area contributed by atoms with E-state index in [-0.39, 0.29) is 10.6 Å². The Bertz CT molecular complexity index is 619. The molecule has 0 radical (unpaired) electrons. The number of hydrogen-bond donors (Lipinski definition) is 1. The summed E-state index contributed by atoms with van der Waals surface area (Å²) < 4.78 is 24.4. The molecule has 1 aliphatic rings. The molecule has 1 fully saturated rings. The monoisotopic (exact) mass is 306 g/mol. The summed E-state index contributed by atoms with van der Waals surface area (Å²) in [4.78, 5) is 0.234. The van der Waals surface area contributed by atoms with E-state index < -0.39 is 9.84 Å². The molecule has 0 aliphatic heterocycles. The van der Waals surface area contributed by atoms with Crippen LogP contribution in [0.3, 0.4) is 0 Å². The highest BCUT2D eigenvalue weighted by Gasteiger charge is 2.21. The van der Waals surface area contributed by atoms with Crippen LogP contribution < -0.4 is 5.32 Å². The van der Waals surface area contributed by atoms with E-state index in [1.165, 1.54) is 25.3 Å². The Morgan fingerprint density at radius 2 is 2.19 bits per heavy atom. The van der Waals surface area contributed by atoms with Crippen LogP contribution in [0.1, 0.15) is 31.7 Å². The summed E-state index contributed by atoms with van der Waals surface area (Å²) in [6, 6.07) is 8.18. The van der Waals surface area contributed by atoms with Crippen LogP contribution in [0.5, 0.6) is 0 Å². The van der Waals surface area contributed by atoms with Crippen LogP contribution in [0.15, 0.2) is 29.2 Å². The molecule has 0 bridgehead atoms. The number of sulfone groups is 1. The molecule has 2 rings (SSSR count). The van der Waals surface area contributed by atoms with Gasteiger partial charge in [0.15, 0.2) is 9.84 Å². The smallest absolute Gasteiger partial charge is 0.179 e. The van der Waals surface area contributed by atoms with Gasteiger partial charge in [-0.1, -0.05) is 19.4 Å². The second-order valence-corrected chi connectivity index (χ2v) is 8.06. The van der Waals surface area contributed by atoms with Crippen molar-refractivity contribution in [1.82, 2.24) is 5.32 Å². The maximum Gasteiger partial charge on any atom is 0.179 e. The molecule has 2 unspecified atom stereocenters. The zero-order valence-corrected chi connectivity index (χ0v) is 13.2. The van der Waals surface area contributed by atoms with Crippen molar-refractivity contribution in [2.24, 2.45) is 11.8 Å². The van der Waals surface area contributed by atoms with E-state index in [1.54, 1.807) is 18.2 Å². The fraction of sp³-hybridized carbons (Fsp3) is 0.562. The van der Waals surface area contributed by atoms with Crippen molar-refractivity contribution < 1.29 is 8.42 Å². The highest BCUT2D eigenvalue weighted by molar-refractivity contribution is 7.91. The molecule has 1 aliphatic carbocycles. The Labute approximate surface area is 127 Å². The molecule has 21 heavy (non-hydrogen) atoms. The maximum absolute atomic E-state index is 12.2. The summed E-state index contributed by atoms with van der Waals surface area (Å²) in [7, 11) is -3.31. The summed E-state index contributed by atoms with van der Waals surface area (Å²) in [6.45, 7) is 3.63. The summed E-state index contributed by atoms with van der Waals surface area (Å²) >= 11 is 0. The van der Waals surface area contributed by atoms with Crippen LogP contribution >= 0.6 is 0 Å². The van der Waals surface area contributed by atoms with Crippen LogP contribution in [-0.4, -0.2) is 27.3 Å². The standard InChI is InChI=1S/C16H22N2O2S/c1-13-5-6-15(9-13)12-18-7-8-21(19,20)16-4-2-3-14(10-16)11-17/h2-4,10,13,15,18H,5-9,12H2,1H3. The molecule has 0 spiro atoms.